The van der Waals surface area contributed by atoms with E-state index in [9.17, 15) is 0 Å². The van der Waals surface area contributed by atoms with Gasteiger partial charge >= 0.3 is 5.17 Å². The SMILES string of the molecule is CSC(NN)=[NH+]C1CC1.I. The van der Waals surface area contributed by atoms with Crippen LogP contribution in [-0.2, 0) is 0 Å². The Morgan fingerprint density at radius 3 is 2.60 bits per heavy atom. The standard InChI is InChI=1S/C5H11N3S.HI/c1-9-5(8-6)7-4-2-3-4;/h4H,2-3,6H2,1H3,(H,7,8);1H/p+1. The van der Waals surface area contributed by atoms with E-state index in [-0.39, 0.29) is 24.0 Å². The maximum absolute atomic E-state index is 5.19. The Balaban J connectivity index is 0.000000810. The molecule has 0 atom stereocenters. The first-order valence-electron chi connectivity index (χ1n) is 3.01. The van der Waals surface area contributed by atoms with Gasteiger partial charge in [0.25, 0.3) is 0 Å². The second-order valence-corrected chi connectivity index (χ2v) is 2.91. The summed E-state index contributed by atoms with van der Waals surface area (Å²) in [6.45, 7) is 0. The predicted octanol–water partition coefficient (Wildman–Crippen LogP) is -0.970. The molecule has 0 radical (unpaired) electrons. The zero-order chi connectivity index (χ0) is 6.69. The van der Waals surface area contributed by atoms with E-state index in [0.29, 0.717) is 6.04 Å². The summed E-state index contributed by atoms with van der Waals surface area (Å²) in [6, 6.07) is 0.684. The number of hydrogen-bond donors (Lipinski definition) is 3. The van der Waals surface area contributed by atoms with Crippen molar-refractivity contribution in [2.75, 3.05) is 6.26 Å². The monoisotopic (exact) mass is 274 g/mol. The molecule has 4 N–H and O–H groups in total. The van der Waals surface area contributed by atoms with E-state index in [1.807, 2.05) is 6.26 Å². The van der Waals surface area contributed by atoms with Crippen LogP contribution in [0.5, 0.6) is 0 Å². The molecule has 1 aliphatic rings. The van der Waals surface area contributed by atoms with Crippen LogP contribution in [0, 0.1) is 0 Å². The van der Waals surface area contributed by atoms with Crippen LogP contribution in [0.3, 0.4) is 0 Å². The summed E-state index contributed by atoms with van der Waals surface area (Å²) in [5.74, 6) is 5.19. The van der Waals surface area contributed by atoms with E-state index in [2.05, 4.69) is 10.4 Å². The molecule has 0 bridgehead atoms. The Kier molecular flexibility index (Phi) is 5.46. The van der Waals surface area contributed by atoms with Gasteiger partial charge in [0, 0.05) is 0 Å². The fraction of sp³-hybridized carbons (Fsp3) is 0.800. The molecule has 0 heterocycles. The molecule has 10 heavy (non-hydrogen) atoms. The number of hydrogen-bond acceptors (Lipinski definition) is 2. The van der Waals surface area contributed by atoms with Gasteiger partial charge in [0.2, 0.25) is 0 Å². The zero-order valence-corrected chi connectivity index (χ0v) is 9.03. The van der Waals surface area contributed by atoms with Crippen molar-refractivity contribution < 1.29 is 4.99 Å². The van der Waals surface area contributed by atoms with Crippen LogP contribution >= 0.6 is 35.7 Å². The first-order chi connectivity index (χ1) is 4.36. The molecule has 0 aliphatic heterocycles. The summed E-state index contributed by atoms with van der Waals surface area (Å²) in [6.07, 6.45) is 4.56. The summed E-state index contributed by atoms with van der Waals surface area (Å²) >= 11 is 1.61. The number of amidine groups is 1. The molecule has 5 heteroatoms. The summed E-state index contributed by atoms with van der Waals surface area (Å²) in [7, 11) is 0. The van der Waals surface area contributed by atoms with Gasteiger partial charge in [0.05, 0.1) is 6.04 Å². The minimum Gasteiger partial charge on any atom is -0.265 e. The highest BCUT2D eigenvalue weighted by atomic mass is 127. The first kappa shape index (κ1) is 10.5. The fourth-order valence-electron chi connectivity index (χ4n) is 0.573. The van der Waals surface area contributed by atoms with Crippen LogP contribution in [0.25, 0.3) is 0 Å². The molecule has 3 nitrogen and oxygen atoms in total. The number of halogens is 1. The lowest BCUT2D eigenvalue weighted by atomic mass is 10.8. The summed E-state index contributed by atoms with van der Waals surface area (Å²) < 4.78 is 0. The first-order valence-corrected chi connectivity index (χ1v) is 4.23. The minimum atomic E-state index is 0. The van der Waals surface area contributed by atoms with Crippen LogP contribution < -0.4 is 16.3 Å². The van der Waals surface area contributed by atoms with Crippen LogP contribution in [0.1, 0.15) is 12.8 Å². The molecule has 1 saturated carbocycles. The Morgan fingerprint density at radius 1 is 1.70 bits per heavy atom. The van der Waals surface area contributed by atoms with Crippen LogP contribution in [0.2, 0.25) is 0 Å². The topological polar surface area (TPSA) is 52.0 Å². The average molecular weight is 274 g/mol. The fourth-order valence-corrected chi connectivity index (χ4v) is 0.975. The molecular formula is C5H13IN3S+. The Hall–Kier alpha value is 0.510. The summed E-state index contributed by atoms with van der Waals surface area (Å²) in [5, 5.41) is 0.970. The van der Waals surface area contributed by atoms with Gasteiger partial charge in [0.15, 0.2) is 0 Å². The van der Waals surface area contributed by atoms with Gasteiger partial charge in [-0.2, -0.15) is 11.3 Å². The highest BCUT2D eigenvalue weighted by molar-refractivity contribution is 14.0. The lowest BCUT2D eigenvalue weighted by molar-refractivity contribution is -0.472. The van der Waals surface area contributed by atoms with Crippen molar-refractivity contribution in [3.63, 3.8) is 0 Å². The van der Waals surface area contributed by atoms with Crippen LogP contribution in [-0.4, -0.2) is 17.5 Å². The number of rotatable bonds is 1. The van der Waals surface area contributed by atoms with Crippen molar-refractivity contribution in [2.24, 2.45) is 5.84 Å². The van der Waals surface area contributed by atoms with Gasteiger partial charge in [-0.3, -0.25) is 4.99 Å². The molecular weight excluding hydrogens is 261 g/mol. The molecule has 0 aromatic heterocycles. The highest BCUT2D eigenvalue weighted by Crippen LogP contribution is 2.12. The maximum Gasteiger partial charge on any atom is 0.322 e. The molecule has 0 unspecified atom stereocenters. The largest absolute Gasteiger partial charge is 0.322 e. The predicted molar refractivity (Wildman–Crippen MR) is 55.2 cm³/mol. The Bertz CT molecular complexity index is 118. The third-order valence-electron chi connectivity index (χ3n) is 1.25. The second kappa shape index (κ2) is 5.20. The summed E-state index contributed by atoms with van der Waals surface area (Å²) in [5.41, 5.74) is 2.59. The van der Waals surface area contributed by atoms with Crippen molar-refractivity contribution >= 4 is 40.9 Å². The Morgan fingerprint density at radius 2 is 2.30 bits per heavy atom. The average Bonchev–Trinajstić information content (AvgIpc) is 2.66. The number of nitrogens with two attached hydrogens (primary N) is 1. The molecule has 0 aromatic rings. The van der Waals surface area contributed by atoms with Gasteiger partial charge in [0.1, 0.15) is 0 Å². The Labute approximate surface area is 82.2 Å². The van der Waals surface area contributed by atoms with Gasteiger partial charge < -0.3 is 0 Å². The maximum atomic E-state index is 5.19. The molecule has 1 fully saturated rings. The van der Waals surface area contributed by atoms with E-state index in [4.69, 9.17) is 5.84 Å². The normalized spacial score (nSPS) is 18.0. The molecule has 0 amide bonds. The van der Waals surface area contributed by atoms with Crippen LogP contribution in [0.15, 0.2) is 0 Å². The lowest BCUT2D eigenvalue weighted by Gasteiger charge is -1.90. The van der Waals surface area contributed by atoms with Crippen molar-refractivity contribution in [1.82, 2.24) is 5.43 Å². The van der Waals surface area contributed by atoms with Gasteiger partial charge in [-0.15, -0.1) is 24.0 Å². The lowest BCUT2D eigenvalue weighted by Crippen LogP contribution is -2.77. The number of nitrogens with one attached hydrogen (secondary N) is 2. The van der Waals surface area contributed by atoms with E-state index >= 15 is 0 Å². The van der Waals surface area contributed by atoms with E-state index in [1.54, 1.807) is 11.8 Å². The molecule has 0 spiro atoms. The molecule has 0 saturated heterocycles. The molecule has 0 aromatic carbocycles. The molecule has 60 valence electrons. The molecule has 1 rings (SSSR count). The van der Waals surface area contributed by atoms with E-state index < -0.39 is 0 Å². The van der Waals surface area contributed by atoms with E-state index in [1.165, 1.54) is 12.8 Å². The second-order valence-electron chi connectivity index (χ2n) is 2.10. The summed E-state index contributed by atoms with van der Waals surface area (Å²) in [4.78, 5) is 3.23. The van der Waals surface area contributed by atoms with Crippen molar-refractivity contribution in [1.29, 1.82) is 0 Å². The van der Waals surface area contributed by atoms with Gasteiger partial charge in [-0.05, 0) is 30.9 Å². The van der Waals surface area contributed by atoms with Gasteiger partial charge in [-0.1, -0.05) is 0 Å². The third kappa shape index (κ3) is 3.62. The highest BCUT2D eigenvalue weighted by Gasteiger charge is 2.23. The van der Waals surface area contributed by atoms with Crippen molar-refractivity contribution in [3.05, 3.63) is 0 Å². The minimum absolute atomic E-state index is 0. The van der Waals surface area contributed by atoms with E-state index in [0.717, 1.165) is 5.17 Å². The third-order valence-corrected chi connectivity index (χ3v) is 1.89. The zero-order valence-electron chi connectivity index (χ0n) is 5.89. The molecule has 1 aliphatic carbocycles. The number of thioether (sulfide) groups is 1. The van der Waals surface area contributed by atoms with Gasteiger partial charge in [-0.25, -0.2) is 0 Å². The van der Waals surface area contributed by atoms with Crippen molar-refractivity contribution in [2.45, 2.75) is 18.9 Å². The quantitative estimate of drug-likeness (QED) is 0.190. The smallest absolute Gasteiger partial charge is 0.265 e. The van der Waals surface area contributed by atoms with Crippen molar-refractivity contribution in [3.8, 4) is 0 Å². The number of hydrazine groups is 1. The van der Waals surface area contributed by atoms with Crippen LogP contribution in [0.4, 0.5) is 0 Å².